The van der Waals surface area contributed by atoms with E-state index in [0.29, 0.717) is 12.1 Å². The van der Waals surface area contributed by atoms with Crippen LogP contribution in [0.2, 0.25) is 0 Å². The molecule has 8 nitrogen and oxygen atoms in total. The van der Waals surface area contributed by atoms with Crippen molar-refractivity contribution in [2.24, 2.45) is 5.92 Å². The van der Waals surface area contributed by atoms with Crippen LogP contribution >= 0.6 is 0 Å². The first kappa shape index (κ1) is 21.8. The minimum Gasteiger partial charge on any atom is -0.454 e. The Morgan fingerprint density at radius 1 is 1.30 bits per heavy atom. The molecule has 1 aromatic carbocycles. The molecule has 2 fully saturated rings. The number of nitrogens with one attached hydrogen (secondary N) is 2. The molecule has 0 unspecified atom stereocenters. The standard InChI is InChI=1S/C22H29N3O5/c1-4-16-10-7-8-14(2)19(16)23-17(26)13-30-18(27)12-25-20(28)22(24-21(25)29)11-6-5-9-15(22)3/h7-8,10,15H,4-6,9,11-13H2,1-3H3,(H,23,26)(H,24,29)/t15-,22+/m0/s1. The number of carbonyl (C=O) groups excluding carboxylic acids is 4. The molecule has 3 rings (SSSR count). The molecule has 1 saturated carbocycles. The number of hydrogen-bond acceptors (Lipinski definition) is 5. The number of ether oxygens (including phenoxy) is 1. The molecule has 2 N–H and O–H groups in total. The molecule has 0 radical (unpaired) electrons. The number of urea groups is 1. The monoisotopic (exact) mass is 415 g/mol. The number of benzene rings is 1. The molecule has 2 atom stereocenters. The van der Waals surface area contributed by atoms with Crippen LogP contribution in [0.3, 0.4) is 0 Å². The van der Waals surface area contributed by atoms with Crippen molar-refractivity contribution in [2.75, 3.05) is 18.5 Å². The molecule has 0 aromatic heterocycles. The van der Waals surface area contributed by atoms with Gasteiger partial charge in [-0.1, -0.05) is 44.9 Å². The summed E-state index contributed by atoms with van der Waals surface area (Å²) in [5, 5.41) is 5.56. The molecule has 1 heterocycles. The molecule has 2 aliphatic rings. The van der Waals surface area contributed by atoms with E-state index < -0.39 is 36.6 Å². The number of amides is 4. The second kappa shape index (κ2) is 8.85. The van der Waals surface area contributed by atoms with Crippen molar-refractivity contribution in [1.29, 1.82) is 0 Å². The largest absolute Gasteiger partial charge is 0.454 e. The van der Waals surface area contributed by atoms with Gasteiger partial charge in [-0.25, -0.2) is 4.79 Å². The number of imide groups is 1. The minimum atomic E-state index is -0.922. The fourth-order valence-electron chi connectivity index (χ4n) is 4.34. The van der Waals surface area contributed by atoms with Crippen LogP contribution in [-0.2, 0) is 25.5 Å². The van der Waals surface area contributed by atoms with Gasteiger partial charge in [0.2, 0.25) is 0 Å². The van der Waals surface area contributed by atoms with Gasteiger partial charge in [0.25, 0.3) is 11.8 Å². The van der Waals surface area contributed by atoms with E-state index in [1.807, 2.05) is 39.0 Å². The van der Waals surface area contributed by atoms with Crippen molar-refractivity contribution in [2.45, 2.75) is 58.4 Å². The van der Waals surface area contributed by atoms with Gasteiger partial charge in [0.05, 0.1) is 0 Å². The fraction of sp³-hybridized carbons (Fsp3) is 0.545. The maximum absolute atomic E-state index is 12.9. The maximum Gasteiger partial charge on any atom is 0.326 e. The fourth-order valence-corrected chi connectivity index (χ4v) is 4.34. The molecule has 0 bridgehead atoms. The zero-order chi connectivity index (χ0) is 21.9. The number of rotatable bonds is 6. The summed E-state index contributed by atoms with van der Waals surface area (Å²) in [6.45, 7) is 4.83. The van der Waals surface area contributed by atoms with Gasteiger partial charge in [0.1, 0.15) is 12.1 Å². The number of para-hydroxylation sites is 1. The average molecular weight is 415 g/mol. The Kier molecular flexibility index (Phi) is 6.43. The maximum atomic E-state index is 12.9. The lowest BCUT2D eigenvalue weighted by Gasteiger charge is -2.36. The van der Waals surface area contributed by atoms with Gasteiger partial charge in [0, 0.05) is 5.69 Å². The van der Waals surface area contributed by atoms with E-state index in [9.17, 15) is 19.2 Å². The number of carbonyl (C=O) groups is 4. The number of anilines is 1. The first-order valence-electron chi connectivity index (χ1n) is 10.5. The van der Waals surface area contributed by atoms with Gasteiger partial charge < -0.3 is 15.4 Å². The van der Waals surface area contributed by atoms with Crippen LogP contribution in [0.15, 0.2) is 18.2 Å². The molecule has 162 valence electrons. The van der Waals surface area contributed by atoms with E-state index >= 15 is 0 Å². The van der Waals surface area contributed by atoms with E-state index in [1.54, 1.807) is 0 Å². The lowest BCUT2D eigenvalue weighted by atomic mass is 9.73. The van der Waals surface area contributed by atoms with Crippen LogP contribution < -0.4 is 10.6 Å². The number of esters is 1. The van der Waals surface area contributed by atoms with E-state index in [1.165, 1.54) is 0 Å². The highest BCUT2D eigenvalue weighted by Crippen LogP contribution is 2.38. The van der Waals surface area contributed by atoms with Gasteiger partial charge in [0.15, 0.2) is 6.61 Å². The summed E-state index contributed by atoms with van der Waals surface area (Å²) in [4.78, 5) is 50.6. The van der Waals surface area contributed by atoms with Crippen LogP contribution in [0.25, 0.3) is 0 Å². The summed E-state index contributed by atoms with van der Waals surface area (Å²) < 4.78 is 5.03. The Morgan fingerprint density at radius 3 is 2.77 bits per heavy atom. The normalized spacial score (nSPS) is 23.4. The average Bonchev–Trinajstić information content (AvgIpc) is 2.95. The summed E-state index contributed by atoms with van der Waals surface area (Å²) in [6.07, 6.45) is 4.05. The minimum absolute atomic E-state index is 0.0105. The lowest BCUT2D eigenvalue weighted by Crippen LogP contribution is -2.54. The predicted molar refractivity (Wildman–Crippen MR) is 111 cm³/mol. The van der Waals surface area contributed by atoms with Crippen LogP contribution in [0, 0.1) is 12.8 Å². The Bertz CT molecular complexity index is 868. The highest BCUT2D eigenvalue weighted by Gasteiger charge is 2.55. The zero-order valence-corrected chi connectivity index (χ0v) is 17.7. The van der Waals surface area contributed by atoms with Crippen LogP contribution in [0.4, 0.5) is 10.5 Å². The molecule has 1 aliphatic carbocycles. The Hall–Kier alpha value is -2.90. The van der Waals surface area contributed by atoms with Crippen LogP contribution in [-0.4, -0.2) is 47.4 Å². The Balaban J connectivity index is 1.55. The number of hydrogen-bond donors (Lipinski definition) is 2. The molecular weight excluding hydrogens is 386 g/mol. The van der Waals surface area contributed by atoms with E-state index in [2.05, 4.69) is 10.6 Å². The summed E-state index contributed by atoms with van der Waals surface area (Å²) in [5.74, 6) is -1.64. The number of nitrogens with zero attached hydrogens (tertiary/aromatic N) is 1. The van der Waals surface area contributed by atoms with Gasteiger partial charge >= 0.3 is 12.0 Å². The van der Waals surface area contributed by atoms with E-state index in [4.69, 9.17) is 4.74 Å². The molecule has 30 heavy (non-hydrogen) atoms. The quantitative estimate of drug-likeness (QED) is 0.549. The third-order valence-electron chi connectivity index (χ3n) is 6.16. The summed E-state index contributed by atoms with van der Waals surface area (Å²) >= 11 is 0. The SMILES string of the molecule is CCc1cccc(C)c1NC(=O)COC(=O)CN1C(=O)N[C@@]2(CCCC[C@@H]2C)C1=O. The van der Waals surface area contributed by atoms with Gasteiger partial charge in [-0.05, 0) is 43.2 Å². The Labute approximate surface area is 176 Å². The van der Waals surface area contributed by atoms with Crippen molar-refractivity contribution < 1.29 is 23.9 Å². The van der Waals surface area contributed by atoms with E-state index in [-0.39, 0.29) is 11.8 Å². The van der Waals surface area contributed by atoms with E-state index in [0.717, 1.165) is 41.7 Å². The van der Waals surface area contributed by atoms with Gasteiger partial charge in [-0.3, -0.25) is 19.3 Å². The zero-order valence-electron chi connectivity index (χ0n) is 17.7. The van der Waals surface area contributed by atoms with Gasteiger partial charge in [-0.2, -0.15) is 0 Å². The second-order valence-corrected chi connectivity index (χ2v) is 8.11. The molecular formula is C22H29N3O5. The van der Waals surface area contributed by atoms with Crippen LogP contribution in [0.5, 0.6) is 0 Å². The molecule has 1 saturated heterocycles. The molecule has 8 heteroatoms. The molecule has 1 aliphatic heterocycles. The summed E-state index contributed by atoms with van der Waals surface area (Å²) in [6, 6.07) is 5.15. The van der Waals surface area contributed by atoms with Crippen molar-refractivity contribution in [3.63, 3.8) is 0 Å². The van der Waals surface area contributed by atoms with Crippen molar-refractivity contribution in [1.82, 2.24) is 10.2 Å². The first-order valence-corrected chi connectivity index (χ1v) is 10.5. The Morgan fingerprint density at radius 2 is 2.07 bits per heavy atom. The predicted octanol–water partition coefficient (Wildman–Crippen LogP) is 2.54. The van der Waals surface area contributed by atoms with Crippen molar-refractivity contribution in [3.05, 3.63) is 29.3 Å². The smallest absolute Gasteiger partial charge is 0.326 e. The highest BCUT2D eigenvalue weighted by molar-refractivity contribution is 6.09. The summed E-state index contributed by atoms with van der Waals surface area (Å²) in [7, 11) is 0. The molecule has 1 spiro atoms. The first-order chi connectivity index (χ1) is 14.3. The third kappa shape index (κ3) is 4.17. The van der Waals surface area contributed by atoms with Crippen molar-refractivity contribution in [3.8, 4) is 0 Å². The summed E-state index contributed by atoms with van der Waals surface area (Å²) in [5.41, 5.74) is 1.69. The third-order valence-corrected chi connectivity index (χ3v) is 6.16. The van der Waals surface area contributed by atoms with Crippen LogP contribution in [0.1, 0.15) is 50.7 Å². The molecule has 4 amide bonds. The second-order valence-electron chi connectivity index (χ2n) is 8.11. The highest BCUT2D eigenvalue weighted by atomic mass is 16.5. The number of aryl methyl sites for hydroxylation is 2. The molecule has 1 aromatic rings. The van der Waals surface area contributed by atoms with Crippen molar-refractivity contribution >= 4 is 29.5 Å². The lowest BCUT2D eigenvalue weighted by molar-refractivity contribution is -0.150. The topological polar surface area (TPSA) is 105 Å². The van der Waals surface area contributed by atoms with Gasteiger partial charge in [-0.15, -0.1) is 0 Å².